The number of rotatable bonds is 3. The van der Waals surface area contributed by atoms with Gasteiger partial charge >= 0.3 is 0 Å². The van der Waals surface area contributed by atoms with Crippen LogP contribution in [0.2, 0.25) is 0 Å². The molecular formula is C16H13N3. The standard InChI is InChI=1S/C16H13N3/c1-2-12-7-6-10-14(11-12)16-15(17-19-18-16)13-8-4-3-5-9-13/h2-11H,1H2,(H,17,18,19). The number of aromatic amines is 1. The van der Waals surface area contributed by atoms with Gasteiger partial charge in [0.05, 0.1) is 0 Å². The van der Waals surface area contributed by atoms with Gasteiger partial charge in [0, 0.05) is 11.1 Å². The van der Waals surface area contributed by atoms with Gasteiger partial charge in [0.15, 0.2) is 0 Å². The van der Waals surface area contributed by atoms with Crippen molar-refractivity contribution in [2.45, 2.75) is 0 Å². The molecule has 0 amide bonds. The van der Waals surface area contributed by atoms with Crippen molar-refractivity contribution in [2.24, 2.45) is 0 Å². The second kappa shape index (κ2) is 4.90. The van der Waals surface area contributed by atoms with Gasteiger partial charge in [-0.2, -0.15) is 15.4 Å². The average molecular weight is 247 g/mol. The number of benzene rings is 2. The van der Waals surface area contributed by atoms with E-state index in [0.717, 1.165) is 28.1 Å². The predicted octanol–water partition coefficient (Wildman–Crippen LogP) is 3.78. The fraction of sp³-hybridized carbons (Fsp3) is 0. The zero-order valence-corrected chi connectivity index (χ0v) is 10.4. The molecule has 0 unspecified atom stereocenters. The van der Waals surface area contributed by atoms with Crippen LogP contribution in [0.4, 0.5) is 0 Å². The molecule has 0 bridgehead atoms. The normalized spacial score (nSPS) is 10.3. The van der Waals surface area contributed by atoms with E-state index < -0.39 is 0 Å². The summed E-state index contributed by atoms with van der Waals surface area (Å²) in [6.07, 6.45) is 1.83. The van der Waals surface area contributed by atoms with Crippen molar-refractivity contribution in [1.82, 2.24) is 15.4 Å². The van der Waals surface area contributed by atoms with Crippen LogP contribution in [0.3, 0.4) is 0 Å². The summed E-state index contributed by atoms with van der Waals surface area (Å²) in [6, 6.07) is 18.1. The Balaban J connectivity index is 2.12. The predicted molar refractivity (Wildman–Crippen MR) is 77.3 cm³/mol. The summed E-state index contributed by atoms with van der Waals surface area (Å²) in [6.45, 7) is 3.79. The first kappa shape index (κ1) is 11.4. The summed E-state index contributed by atoms with van der Waals surface area (Å²) in [5.74, 6) is 0. The van der Waals surface area contributed by atoms with Crippen LogP contribution in [0, 0.1) is 0 Å². The Hall–Kier alpha value is -2.68. The molecule has 0 atom stereocenters. The van der Waals surface area contributed by atoms with Crippen molar-refractivity contribution in [3.63, 3.8) is 0 Å². The van der Waals surface area contributed by atoms with Crippen molar-refractivity contribution in [2.75, 3.05) is 0 Å². The van der Waals surface area contributed by atoms with Crippen LogP contribution in [-0.2, 0) is 0 Å². The van der Waals surface area contributed by atoms with Gasteiger partial charge in [0.2, 0.25) is 0 Å². The Morgan fingerprint density at radius 1 is 0.842 bits per heavy atom. The van der Waals surface area contributed by atoms with Crippen molar-refractivity contribution >= 4 is 6.08 Å². The van der Waals surface area contributed by atoms with Crippen LogP contribution in [0.1, 0.15) is 5.56 Å². The molecule has 0 aliphatic carbocycles. The molecule has 92 valence electrons. The van der Waals surface area contributed by atoms with E-state index in [-0.39, 0.29) is 0 Å². The van der Waals surface area contributed by atoms with E-state index in [4.69, 9.17) is 0 Å². The number of hydrogen-bond donors (Lipinski definition) is 1. The van der Waals surface area contributed by atoms with E-state index >= 15 is 0 Å². The van der Waals surface area contributed by atoms with Gasteiger partial charge in [-0.25, -0.2) is 0 Å². The van der Waals surface area contributed by atoms with Crippen LogP contribution in [0.15, 0.2) is 61.2 Å². The van der Waals surface area contributed by atoms with E-state index in [1.54, 1.807) is 0 Å². The van der Waals surface area contributed by atoms with Crippen LogP contribution in [0.25, 0.3) is 28.6 Å². The second-order valence-corrected chi connectivity index (χ2v) is 4.22. The van der Waals surface area contributed by atoms with E-state index in [1.165, 1.54) is 0 Å². The van der Waals surface area contributed by atoms with Crippen molar-refractivity contribution in [3.05, 3.63) is 66.7 Å². The Labute approximate surface area is 111 Å². The Kier molecular flexibility index (Phi) is 2.94. The van der Waals surface area contributed by atoms with Crippen molar-refractivity contribution in [1.29, 1.82) is 0 Å². The zero-order chi connectivity index (χ0) is 13.1. The fourth-order valence-corrected chi connectivity index (χ4v) is 2.04. The van der Waals surface area contributed by atoms with E-state index in [1.807, 2.05) is 54.6 Å². The largest absolute Gasteiger partial charge is 0.197 e. The Morgan fingerprint density at radius 3 is 2.26 bits per heavy atom. The lowest BCUT2D eigenvalue weighted by Crippen LogP contribution is -1.84. The SMILES string of the molecule is C=Cc1cccc(-c2n[nH]nc2-c2ccccc2)c1. The van der Waals surface area contributed by atoms with Crippen LogP contribution >= 0.6 is 0 Å². The highest BCUT2D eigenvalue weighted by Crippen LogP contribution is 2.28. The maximum Gasteiger partial charge on any atom is 0.120 e. The van der Waals surface area contributed by atoms with Crippen LogP contribution < -0.4 is 0 Å². The fourth-order valence-electron chi connectivity index (χ4n) is 2.04. The second-order valence-electron chi connectivity index (χ2n) is 4.22. The summed E-state index contributed by atoms with van der Waals surface area (Å²) in [5.41, 5.74) is 4.87. The third-order valence-corrected chi connectivity index (χ3v) is 2.99. The maximum atomic E-state index is 4.27. The maximum absolute atomic E-state index is 4.27. The highest BCUT2D eigenvalue weighted by Gasteiger charge is 2.11. The van der Waals surface area contributed by atoms with Gasteiger partial charge in [0.1, 0.15) is 11.4 Å². The number of hydrogen-bond acceptors (Lipinski definition) is 2. The third kappa shape index (κ3) is 2.18. The summed E-state index contributed by atoms with van der Waals surface area (Å²) in [7, 11) is 0. The number of nitrogens with one attached hydrogen (secondary N) is 1. The van der Waals surface area contributed by atoms with Gasteiger partial charge in [0.25, 0.3) is 0 Å². The molecule has 19 heavy (non-hydrogen) atoms. The molecule has 0 saturated heterocycles. The van der Waals surface area contributed by atoms with Crippen molar-refractivity contribution < 1.29 is 0 Å². The quantitative estimate of drug-likeness (QED) is 0.765. The van der Waals surface area contributed by atoms with Gasteiger partial charge < -0.3 is 0 Å². The molecule has 0 saturated carbocycles. The van der Waals surface area contributed by atoms with Gasteiger partial charge in [-0.3, -0.25) is 0 Å². The molecule has 3 aromatic rings. The number of nitrogens with zero attached hydrogens (tertiary/aromatic N) is 2. The molecule has 3 nitrogen and oxygen atoms in total. The lowest BCUT2D eigenvalue weighted by atomic mass is 10.0. The molecule has 0 spiro atoms. The molecule has 1 N–H and O–H groups in total. The van der Waals surface area contributed by atoms with E-state index in [0.29, 0.717) is 0 Å². The number of aromatic nitrogens is 3. The monoisotopic (exact) mass is 247 g/mol. The molecule has 1 heterocycles. The summed E-state index contributed by atoms with van der Waals surface area (Å²) >= 11 is 0. The minimum Gasteiger partial charge on any atom is -0.197 e. The molecule has 3 rings (SSSR count). The summed E-state index contributed by atoms with van der Waals surface area (Å²) in [4.78, 5) is 0. The molecule has 1 aromatic heterocycles. The van der Waals surface area contributed by atoms with Gasteiger partial charge in [-0.15, -0.1) is 0 Å². The first-order valence-electron chi connectivity index (χ1n) is 6.07. The molecule has 3 heteroatoms. The molecular weight excluding hydrogens is 234 g/mol. The first-order valence-corrected chi connectivity index (χ1v) is 6.07. The zero-order valence-electron chi connectivity index (χ0n) is 10.4. The Bertz CT molecular complexity index is 699. The minimum atomic E-state index is 0.856. The number of H-pyrrole nitrogens is 1. The lowest BCUT2D eigenvalue weighted by Gasteiger charge is -2.02. The molecule has 2 aromatic carbocycles. The third-order valence-electron chi connectivity index (χ3n) is 2.99. The first-order chi connectivity index (χ1) is 9.38. The Morgan fingerprint density at radius 2 is 1.53 bits per heavy atom. The molecule has 0 radical (unpaired) electrons. The minimum absolute atomic E-state index is 0.856. The average Bonchev–Trinajstić information content (AvgIpc) is 2.98. The summed E-state index contributed by atoms with van der Waals surface area (Å²) < 4.78 is 0. The van der Waals surface area contributed by atoms with Crippen molar-refractivity contribution in [3.8, 4) is 22.5 Å². The van der Waals surface area contributed by atoms with E-state index in [9.17, 15) is 0 Å². The highest BCUT2D eigenvalue weighted by molar-refractivity contribution is 5.78. The molecule has 0 fully saturated rings. The smallest absolute Gasteiger partial charge is 0.120 e. The summed E-state index contributed by atoms with van der Waals surface area (Å²) in [5, 5.41) is 11.2. The van der Waals surface area contributed by atoms with E-state index in [2.05, 4.69) is 28.1 Å². The molecule has 0 aliphatic rings. The topological polar surface area (TPSA) is 41.6 Å². The van der Waals surface area contributed by atoms with Gasteiger partial charge in [-0.1, -0.05) is 61.2 Å². The lowest BCUT2D eigenvalue weighted by molar-refractivity contribution is 0.944. The van der Waals surface area contributed by atoms with Crippen LogP contribution in [-0.4, -0.2) is 15.4 Å². The van der Waals surface area contributed by atoms with Crippen LogP contribution in [0.5, 0.6) is 0 Å². The van der Waals surface area contributed by atoms with Gasteiger partial charge in [-0.05, 0) is 11.6 Å². The molecule has 0 aliphatic heterocycles. The highest BCUT2D eigenvalue weighted by atomic mass is 15.3.